The van der Waals surface area contributed by atoms with Gasteiger partial charge in [-0.15, -0.1) is 0 Å². The van der Waals surface area contributed by atoms with Gasteiger partial charge in [0.25, 0.3) is 0 Å². The van der Waals surface area contributed by atoms with Crippen LogP contribution in [-0.4, -0.2) is 14.2 Å². The molecule has 0 aromatic heterocycles. The van der Waals surface area contributed by atoms with E-state index in [1.54, 1.807) is 14.2 Å². The van der Waals surface area contributed by atoms with Crippen LogP contribution in [0.15, 0.2) is 42.5 Å². The summed E-state index contributed by atoms with van der Waals surface area (Å²) >= 11 is 5.97. The molecule has 0 fully saturated rings. The Kier molecular flexibility index (Phi) is 5.27. The van der Waals surface area contributed by atoms with Crippen LogP contribution in [0, 0.1) is 0 Å². The smallest absolute Gasteiger partial charge is 0.161 e. The number of quaternary nitrogens is 1. The molecule has 0 aliphatic carbocycles. The molecule has 4 heteroatoms. The lowest BCUT2D eigenvalue weighted by Crippen LogP contribution is -2.80. The second-order valence-corrected chi connectivity index (χ2v) is 4.95. The Hall–Kier alpha value is -1.71. The van der Waals surface area contributed by atoms with Crippen molar-refractivity contribution in [2.24, 2.45) is 0 Å². The van der Waals surface area contributed by atoms with Crippen LogP contribution in [0.1, 0.15) is 11.1 Å². The maximum Gasteiger partial charge on any atom is 0.161 e. The van der Waals surface area contributed by atoms with Crippen molar-refractivity contribution in [1.82, 2.24) is 0 Å². The summed E-state index contributed by atoms with van der Waals surface area (Å²) in [5, 5.41) is 3.01. The van der Waals surface area contributed by atoms with E-state index in [0.29, 0.717) is 0 Å². The van der Waals surface area contributed by atoms with Crippen LogP contribution in [0.25, 0.3) is 0 Å². The highest BCUT2D eigenvalue weighted by atomic mass is 35.5. The van der Waals surface area contributed by atoms with E-state index in [9.17, 15) is 0 Å². The number of halogens is 1. The minimum absolute atomic E-state index is 0.756. The summed E-state index contributed by atoms with van der Waals surface area (Å²) in [6.45, 7) is 1.78. The van der Waals surface area contributed by atoms with Crippen molar-refractivity contribution in [2.75, 3.05) is 14.2 Å². The van der Waals surface area contributed by atoms with Gasteiger partial charge in [-0.05, 0) is 30.3 Å². The fraction of sp³-hybridized carbons (Fsp3) is 0.250. The van der Waals surface area contributed by atoms with Gasteiger partial charge in [-0.1, -0.05) is 23.7 Å². The third kappa shape index (κ3) is 3.89. The second kappa shape index (κ2) is 7.17. The second-order valence-electron chi connectivity index (χ2n) is 4.52. The van der Waals surface area contributed by atoms with Gasteiger partial charge in [-0.2, -0.15) is 0 Å². The standard InChI is InChI=1S/C16H18ClNO2/c1-19-15-7-6-13(9-16(15)20-2)11-18-10-12-4-3-5-14(17)8-12/h3-9,18H,10-11H2,1-2H3/p+1. The summed E-state index contributed by atoms with van der Waals surface area (Å²) in [7, 11) is 3.29. The first-order chi connectivity index (χ1) is 9.72. The molecule has 3 nitrogen and oxygen atoms in total. The van der Waals surface area contributed by atoms with E-state index in [0.717, 1.165) is 29.6 Å². The van der Waals surface area contributed by atoms with Crippen molar-refractivity contribution in [2.45, 2.75) is 13.1 Å². The van der Waals surface area contributed by atoms with Gasteiger partial charge >= 0.3 is 0 Å². The first-order valence-electron chi connectivity index (χ1n) is 6.50. The molecule has 0 amide bonds. The van der Waals surface area contributed by atoms with Crippen LogP contribution in [0.5, 0.6) is 11.5 Å². The zero-order valence-corrected chi connectivity index (χ0v) is 12.5. The zero-order valence-electron chi connectivity index (χ0n) is 11.7. The van der Waals surface area contributed by atoms with Crippen molar-refractivity contribution in [3.63, 3.8) is 0 Å². The zero-order chi connectivity index (χ0) is 14.4. The van der Waals surface area contributed by atoms with E-state index in [4.69, 9.17) is 21.1 Å². The molecule has 20 heavy (non-hydrogen) atoms. The number of ether oxygens (including phenoxy) is 2. The fourth-order valence-corrected chi connectivity index (χ4v) is 2.29. The summed E-state index contributed by atoms with van der Waals surface area (Å²) in [5.41, 5.74) is 2.42. The molecule has 0 saturated carbocycles. The topological polar surface area (TPSA) is 35.1 Å². The molecule has 2 N–H and O–H groups in total. The number of rotatable bonds is 6. The van der Waals surface area contributed by atoms with E-state index >= 15 is 0 Å². The van der Waals surface area contributed by atoms with E-state index in [-0.39, 0.29) is 0 Å². The molecule has 2 aromatic carbocycles. The normalized spacial score (nSPS) is 10.3. The molecular formula is C16H19ClNO2+. The monoisotopic (exact) mass is 292 g/mol. The maximum absolute atomic E-state index is 5.97. The Morgan fingerprint density at radius 1 is 0.900 bits per heavy atom. The van der Waals surface area contributed by atoms with Crippen LogP contribution >= 0.6 is 11.6 Å². The Balaban J connectivity index is 1.94. The fourth-order valence-electron chi connectivity index (χ4n) is 2.08. The molecule has 0 aliphatic heterocycles. The minimum atomic E-state index is 0.756. The van der Waals surface area contributed by atoms with Gasteiger partial charge in [0.2, 0.25) is 0 Å². The molecule has 0 saturated heterocycles. The predicted octanol–water partition coefficient (Wildman–Crippen LogP) is 2.62. The minimum Gasteiger partial charge on any atom is -0.493 e. The summed E-state index contributed by atoms with van der Waals surface area (Å²) in [6.07, 6.45) is 0. The van der Waals surface area contributed by atoms with E-state index < -0.39 is 0 Å². The van der Waals surface area contributed by atoms with Gasteiger partial charge in [-0.3, -0.25) is 0 Å². The highest BCUT2D eigenvalue weighted by Gasteiger charge is 2.05. The Bertz CT molecular complexity index is 572. The average molecular weight is 293 g/mol. The first-order valence-corrected chi connectivity index (χ1v) is 6.87. The summed E-state index contributed by atoms with van der Waals surface area (Å²) in [5.74, 6) is 1.52. The SMILES string of the molecule is COc1ccc(C[NH2+]Cc2cccc(Cl)c2)cc1OC. The number of methoxy groups -OCH3 is 2. The quantitative estimate of drug-likeness (QED) is 0.888. The van der Waals surface area contributed by atoms with Crippen LogP contribution in [-0.2, 0) is 13.1 Å². The van der Waals surface area contributed by atoms with Crippen molar-refractivity contribution in [3.8, 4) is 11.5 Å². The van der Waals surface area contributed by atoms with Gasteiger partial charge in [0.05, 0.1) is 14.2 Å². The number of hydrogen-bond acceptors (Lipinski definition) is 2. The van der Waals surface area contributed by atoms with Crippen molar-refractivity contribution in [1.29, 1.82) is 0 Å². The third-order valence-corrected chi connectivity index (χ3v) is 3.33. The van der Waals surface area contributed by atoms with Crippen LogP contribution in [0.2, 0.25) is 5.02 Å². The van der Waals surface area contributed by atoms with Crippen LogP contribution in [0.3, 0.4) is 0 Å². The number of hydrogen-bond donors (Lipinski definition) is 1. The summed E-state index contributed by atoms with van der Waals surface area (Å²) < 4.78 is 10.5. The first kappa shape index (κ1) is 14.7. The molecule has 0 atom stereocenters. The molecule has 0 spiro atoms. The van der Waals surface area contributed by atoms with Crippen molar-refractivity contribution < 1.29 is 14.8 Å². The molecule has 0 radical (unpaired) electrons. The Morgan fingerprint density at radius 3 is 2.25 bits per heavy atom. The molecule has 0 heterocycles. The van der Waals surface area contributed by atoms with E-state index in [1.807, 2.05) is 30.3 Å². The molecule has 0 bridgehead atoms. The Morgan fingerprint density at radius 2 is 1.60 bits per heavy atom. The van der Waals surface area contributed by atoms with Gasteiger partial charge in [-0.25, -0.2) is 0 Å². The van der Waals surface area contributed by atoms with E-state index in [1.165, 1.54) is 11.1 Å². The highest BCUT2D eigenvalue weighted by molar-refractivity contribution is 6.30. The lowest BCUT2D eigenvalue weighted by Gasteiger charge is -2.09. The number of benzene rings is 2. The molecule has 0 aliphatic rings. The van der Waals surface area contributed by atoms with Gasteiger partial charge in [0.15, 0.2) is 11.5 Å². The third-order valence-electron chi connectivity index (χ3n) is 3.10. The summed E-state index contributed by atoms with van der Waals surface area (Å²) in [6, 6.07) is 13.9. The molecule has 0 unspecified atom stereocenters. The van der Waals surface area contributed by atoms with Crippen molar-refractivity contribution in [3.05, 3.63) is 58.6 Å². The highest BCUT2D eigenvalue weighted by Crippen LogP contribution is 2.27. The lowest BCUT2D eigenvalue weighted by molar-refractivity contribution is -0.686. The lowest BCUT2D eigenvalue weighted by atomic mass is 10.2. The Labute approximate surface area is 124 Å². The van der Waals surface area contributed by atoms with Crippen LogP contribution in [0.4, 0.5) is 0 Å². The van der Waals surface area contributed by atoms with Gasteiger partial charge in [0, 0.05) is 16.1 Å². The maximum atomic E-state index is 5.97. The summed E-state index contributed by atoms with van der Waals surface area (Å²) in [4.78, 5) is 0. The molecule has 2 aromatic rings. The van der Waals surface area contributed by atoms with Crippen LogP contribution < -0.4 is 14.8 Å². The van der Waals surface area contributed by atoms with Gasteiger partial charge < -0.3 is 14.8 Å². The van der Waals surface area contributed by atoms with Crippen molar-refractivity contribution >= 4 is 11.6 Å². The predicted molar refractivity (Wildman–Crippen MR) is 80.3 cm³/mol. The van der Waals surface area contributed by atoms with Gasteiger partial charge in [0.1, 0.15) is 13.1 Å². The number of nitrogens with two attached hydrogens (primary N) is 1. The average Bonchev–Trinajstić information content (AvgIpc) is 2.47. The molecule has 2 rings (SSSR count). The molecule has 106 valence electrons. The largest absolute Gasteiger partial charge is 0.493 e. The van der Waals surface area contributed by atoms with E-state index in [2.05, 4.69) is 17.4 Å². The molecular weight excluding hydrogens is 274 g/mol.